The molecule has 1 N–H and O–H groups in total. The lowest BCUT2D eigenvalue weighted by Crippen LogP contribution is -2.35. The van der Waals surface area contributed by atoms with Crippen LogP contribution in [-0.2, 0) is 6.54 Å². The molecule has 5 nitrogen and oxygen atoms in total. The van der Waals surface area contributed by atoms with Gasteiger partial charge in [0.2, 0.25) is 0 Å². The zero-order chi connectivity index (χ0) is 20.8. The average molecular weight is 402 g/mol. The Morgan fingerprint density at radius 1 is 1.07 bits per heavy atom. The Bertz CT molecular complexity index is 965. The zero-order valence-electron chi connectivity index (χ0n) is 17.3. The lowest BCUT2D eigenvalue weighted by molar-refractivity contribution is 0.0950. The highest BCUT2D eigenvalue weighted by Crippen LogP contribution is 2.20. The monoisotopic (exact) mass is 401 g/mol. The molecule has 1 saturated heterocycles. The van der Waals surface area contributed by atoms with Gasteiger partial charge in [-0.25, -0.2) is 0 Å². The van der Waals surface area contributed by atoms with Crippen molar-refractivity contribution in [3.63, 3.8) is 0 Å². The first-order valence-corrected chi connectivity index (χ1v) is 10.4. The van der Waals surface area contributed by atoms with Gasteiger partial charge >= 0.3 is 0 Å². The van der Waals surface area contributed by atoms with Gasteiger partial charge in [-0.05, 0) is 49.7 Å². The smallest absolute Gasteiger partial charge is 0.253 e. The second-order valence-electron chi connectivity index (χ2n) is 7.75. The number of benzene rings is 2. The molecule has 0 spiro atoms. The van der Waals surface area contributed by atoms with E-state index >= 15 is 0 Å². The maximum Gasteiger partial charge on any atom is 0.253 e. The van der Waals surface area contributed by atoms with Gasteiger partial charge in [-0.15, -0.1) is 0 Å². The number of pyridine rings is 1. The number of likely N-dealkylation sites (tertiary alicyclic amines) is 1. The molecule has 1 aromatic heterocycles. The van der Waals surface area contributed by atoms with Gasteiger partial charge in [-0.2, -0.15) is 0 Å². The van der Waals surface area contributed by atoms with Crippen LogP contribution in [0.1, 0.15) is 28.8 Å². The van der Waals surface area contributed by atoms with Crippen LogP contribution in [0.25, 0.3) is 11.3 Å². The SMILES string of the molecule is CN1CCC(Oc2cccc(CNC(=O)c3ccc(-c4ccccc4)nc3)c2)CC1. The van der Waals surface area contributed by atoms with Gasteiger partial charge < -0.3 is 15.0 Å². The third-order valence-corrected chi connectivity index (χ3v) is 5.42. The summed E-state index contributed by atoms with van der Waals surface area (Å²) in [6.07, 6.45) is 3.98. The molecule has 0 bridgehead atoms. The summed E-state index contributed by atoms with van der Waals surface area (Å²) in [5.74, 6) is 0.730. The molecule has 1 fully saturated rings. The number of carbonyl (C=O) groups excluding carboxylic acids is 1. The molecule has 2 aromatic carbocycles. The van der Waals surface area contributed by atoms with Crippen LogP contribution in [0.4, 0.5) is 0 Å². The normalized spacial score (nSPS) is 15.0. The van der Waals surface area contributed by atoms with Gasteiger partial charge in [-0.3, -0.25) is 9.78 Å². The summed E-state index contributed by atoms with van der Waals surface area (Å²) in [4.78, 5) is 19.3. The van der Waals surface area contributed by atoms with Crippen LogP contribution < -0.4 is 10.1 Å². The van der Waals surface area contributed by atoms with Gasteiger partial charge in [0.25, 0.3) is 5.91 Å². The standard InChI is InChI=1S/C25H27N3O2/c1-28-14-12-22(13-15-28)30-23-9-5-6-19(16-23)17-27-25(29)21-10-11-24(26-18-21)20-7-3-2-4-8-20/h2-11,16,18,22H,12-15,17H2,1H3,(H,27,29). The van der Waals surface area contributed by atoms with Crippen LogP contribution in [0.2, 0.25) is 0 Å². The van der Waals surface area contributed by atoms with Crippen molar-refractivity contribution in [3.8, 4) is 17.0 Å². The molecular formula is C25H27N3O2. The van der Waals surface area contributed by atoms with Crippen LogP contribution in [0.15, 0.2) is 72.9 Å². The molecule has 0 atom stereocenters. The number of piperidine rings is 1. The second-order valence-corrected chi connectivity index (χ2v) is 7.75. The number of carbonyl (C=O) groups is 1. The summed E-state index contributed by atoms with van der Waals surface area (Å²) in [6.45, 7) is 2.58. The summed E-state index contributed by atoms with van der Waals surface area (Å²) in [5, 5.41) is 2.97. The number of aromatic nitrogens is 1. The van der Waals surface area contributed by atoms with Gasteiger partial charge in [0, 0.05) is 31.4 Å². The molecule has 154 valence electrons. The number of rotatable bonds is 6. The van der Waals surface area contributed by atoms with Crippen molar-refractivity contribution in [2.75, 3.05) is 20.1 Å². The minimum absolute atomic E-state index is 0.135. The van der Waals surface area contributed by atoms with Crippen LogP contribution in [0, 0.1) is 0 Å². The number of hydrogen-bond acceptors (Lipinski definition) is 4. The van der Waals surface area contributed by atoms with E-state index in [1.165, 1.54) is 0 Å². The van der Waals surface area contributed by atoms with Crippen LogP contribution in [0.3, 0.4) is 0 Å². The highest BCUT2D eigenvalue weighted by atomic mass is 16.5. The van der Waals surface area contributed by atoms with Gasteiger partial charge in [0.05, 0.1) is 11.3 Å². The molecule has 0 aliphatic carbocycles. The number of ether oxygens (including phenoxy) is 1. The summed E-state index contributed by atoms with van der Waals surface area (Å²) in [5.41, 5.74) is 3.45. The molecule has 3 aromatic rings. The number of hydrogen-bond donors (Lipinski definition) is 1. The summed E-state index contributed by atoms with van der Waals surface area (Å²) in [7, 11) is 2.14. The number of nitrogens with zero attached hydrogens (tertiary/aromatic N) is 2. The molecule has 5 heteroatoms. The Labute approximate surface area is 177 Å². The minimum atomic E-state index is -0.135. The summed E-state index contributed by atoms with van der Waals surface area (Å²) >= 11 is 0. The highest BCUT2D eigenvalue weighted by molar-refractivity contribution is 5.94. The Balaban J connectivity index is 1.32. The Morgan fingerprint density at radius 2 is 1.87 bits per heavy atom. The molecule has 1 aliphatic heterocycles. The average Bonchev–Trinajstić information content (AvgIpc) is 2.80. The van der Waals surface area contributed by atoms with Crippen molar-refractivity contribution < 1.29 is 9.53 Å². The number of nitrogens with one attached hydrogen (secondary N) is 1. The maximum absolute atomic E-state index is 12.5. The van der Waals surface area contributed by atoms with E-state index in [1.54, 1.807) is 6.20 Å². The van der Waals surface area contributed by atoms with Gasteiger partial charge in [-0.1, -0.05) is 42.5 Å². The van der Waals surface area contributed by atoms with Crippen molar-refractivity contribution in [3.05, 3.63) is 84.1 Å². The molecular weight excluding hydrogens is 374 g/mol. The molecule has 0 radical (unpaired) electrons. The quantitative estimate of drug-likeness (QED) is 0.674. The van der Waals surface area contributed by atoms with Crippen molar-refractivity contribution in [1.82, 2.24) is 15.2 Å². The molecule has 30 heavy (non-hydrogen) atoms. The van der Waals surface area contributed by atoms with Gasteiger partial charge in [0.1, 0.15) is 11.9 Å². The van der Waals surface area contributed by atoms with E-state index in [0.717, 1.165) is 48.5 Å². The molecule has 1 amide bonds. The second kappa shape index (κ2) is 9.55. The molecule has 4 rings (SSSR count). The van der Waals surface area contributed by atoms with E-state index in [4.69, 9.17) is 4.74 Å². The molecule has 0 unspecified atom stereocenters. The van der Waals surface area contributed by atoms with Crippen molar-refractivity contribution >= 4 is 5.91 Å². The lowest BCUT2D eigenvalue weighted by Gasteiger charge is -2.29. The molecule has 1 aliphatic rings. The fourth-order valence-corrected chi connectivity index (χ4v) is 3.62. The van der Waals surface area contributed by atoms with E-state index in [1.807, 2.05) is 66.7 Å². The zero-order valence-corrected chi connectivity index (χ0v) is 17.3. The Morgan fingerprint density at radius 3 is 2.60 bits per heavy atom. The summed E-state index contributed by atoms with van der Waals surface area (Å²) < 4.78 is 6.14. The van der Waals surface area contributed by atoms with E-state index in [0.29, 0.717) is 12.1 Å². The van der Waals surface area contributed by atoms with E-state index in [9.17, 15) is 4.79 Å². The van der Waals surface area contributed by atoms with Crippen molar-refractivity contribution in [2.45, 2.75) is 25.5 Å². The van der Waals surface area contributed by atoms with Crippen LogP contribution >= 0.6 is 0 Å². The lowest BCUT2D eigenvalue weighted by atomic mass is 10.1. The minimum Gasteiger partial charge on any atom is -0.490 e. The highest BCUT2D eigenvalue weighted by Gasteiger charge is 2.18. The fraction of sp³-hybridized carbons (Fsp3) is 0.280. The molecule has 0 saturated carbocycles. The fourth-order valence-electron chi connectivity index (χ4n) is 3.62. The van der Waals surface area contributed by atoms with Crippen molar-refractivity contribution in [2.24, 2.45) is 0 Å². The topological polar surface area (TPSA) is 54.5 Å². The van der Waals surface area contributed by atoms with Crippen molar-refractivity contribution in [1.29, 1.82) is 0 Å². The van der Waals surface area contributed by atoms with E-state index < -0.39 is 0 Å². The first-order valence-electron chi connectivity index (χ1n) is 10.4. The molecule has 2 heterocycles. The Kier molecular flexibility index (Phi) is 6.40. The third-order valence-electron chi connectivity index (χ3n) is 5.42. The van der Waals surface area contributed by atoms with E-state index in [-0.39, 0.29) is 12.0 Å². The largest absolute Gasteiger partial charge is 0.490 e. The summed E-state index contributed by atoms with van der Waals surface area (Å²) in [6, 6.07) is 21.6. The predicted molar refractivity (Wildman–Crippen MR) is 118 cm³/mol. The predicted octanol–water partition coefficient (Wildman–Crippen LogP) is 4.15. The first kappa shape index (κ1) is 20.1. The third kappa shape index (κ3) is 5.24. The maximum atomic E-state index is 12.5. The van der Waals surface area contributed by atoms with Crippen LogP contribution in [-0.4, -0.2) is 42.0 Å². The van der Waals surface area contributed by atoms with E-state index in [2.05, 4.69) is 22.2 Å². The first-order chi connectivity index (χ1) is 14.7. The Hall–Kier alpha value is -3.18. The van der Waals surface area contributed by atoms with Gasteiger partial charge in [0.15, 0.2) is 0 Å². The van der Waals surface area contributed by atoms with Crippen LogP contribution in [0.5, 0.6) is 5.75 Å². The number of amides is 1.